The van der Waals surface area contributed by atoms with E-state index in [4.69, 9.17) is 4.74 Å². The maximum atomic E-state index is 13.1. The number of aromatic nitrogens is 2. The van der Waals surface area contributed by atoms with Crippen LogP contribution in [-0.2, 0) is 6.18 Å². The molecular formula is C16H17BrF3N3O. The van der Waals surface area contributed by atoms with Crippen molar-refractivity contribution in [3.05, 3.63) is 40.5 Å². The molecule has 1 aromatic carbocycles. The highest BCUT2D eigenvalue weighted by atomic mass is 79.9. The summed E-state index contributed by atoms with van der Waals surface area (Å²) in [5.74, 6) is -0.280. The molecule has 4 nitrogen and oxygen atoms in total. The van der Waals surface area contributed by atoms with E-state index < -0.39 is 17.6 Å². The molecule has 0 aliphatic rings. The number of halogens is 4. The third-order valence-corrected chi connectivity index (χ3v) is 3.66. The van der Waals surface area contributed by atoms with Gasteiger partial charge in [-0.25, -0.2) is 4.98 Å². The molecule has 0 spiro atoms. The van der Waals surface area contributed by atoms with Crippen LogP contribution in [0.1, 0.15) is 25.8 Å². The Morgan fingerprint density at radius 2 is 2.00 bits per heavy atom. The van der Waals surface area contributed by atoms with Gasteiger partial charge in [0.25, 0.3) is 0 Å². The molecule has 2 rings (SSSR count). The predicted molar refractivity (Wildman–Crippen MR) is 89.6 cm³/mol. The smallest absolute Gasteiger partial charge is 0.423 e. The monoisotopic (exact) mass is 403 g/mol. The number of hydrogen-bond acceptors (Lipinski definition) is 4. The van der Waals surface area contributed by atoms with Crippen molar-refractivity contribution in [2.75, 3.05) is 18.1 Å². The van der Waals surface area contributed by atoms with Crippen LogP contribution < -0.4 is 9.64 Å². The van der Waals surface area contributed by atoms with E-state index >= 15 is 0 Å². The Balaban J connectivity index is 2.45. The standard InChI is InChI=1S/C16H17BrF3N3O/c1-3-8-24-14-13(16(18,19)20)10-21-15(22-14)23(4-2)12-7-5-6-11(17)9-12/h5-7,9-10H,3-4,8H2,1-2H3. The van der Waals surface area contributed by atoms with Crippen LogP contribution in [0.5, 0.6) is 5.88 Å². The third kappa shape index (κ3) is 4.37. The van der Waals surface area contributed by atoms with Crippen molar-refractivity contribution in [1.29, 1.82) is 0 Å². The van der Waals surface area contributed by atoms with Gasteiger partial charge in [-0.15, -0.1) is 0 Å². The normalized spacial score (nSPS) is 11.4. The van der Waals surface area contributed by atoms with Crippen molar-refractivity contribution >= 4 is 27.6 Å². The van der Waals surface area contributed by atoms with Crippen molar-refractivity contribution in [2.45, 2.75) is 26.4 Å². The first-order chi connectivity index (χ1) is 11.4. The minimum Gasteiger partial charge on any atom is -0.477 e. The van der Waals surface area contributed by atoms with Gasteiger partial charge in [-0.3, -0.25) is 0 Å². The molecule has 130 valence electrons. The lowest BCUT2D eigenvalue weighted by Gasteiger charge is -2.22. The molecule has 0 N–H and O–H groups in total. The molecule has 24 heavy (non-hydrogen) atoms. The number of rotatable bonds is 6. The Kier molecular flexibility index (Phi) is 6.04. The van der Waals surface area contributed by atoms with E-state index in [-0.39, 0.29) is 12.6 Å². The van der Waals surface area contributed by atoms with Crippen LogP contribution in [0.15, 0.2) is 34.9 Å². The molecule has 0 atom stereocenters. The second-order valence-electron chi connectivity index (χ2n) is 4.96. The molecule has 1 aromatic heterocycles. The first kappa shape index (κ1) is 18.5. The molecule has 0 aliphatic carbocycles. The number of nitrogens with zero attached hydrogens (tertiary/aromatic N) is 3. The third-order valence-electron chi connectivity index (χ3n) is 3.17. The van der Waals surface area contributed by atoms with Crippen molar-refractivity contribution in [2.24, 2.45) is 0 Å². The SMILES string of the molecule is CCCOc1nc(N(CC)c2cccc(Br)c2)ncc1C(F)(F)F. The number of ether oxygens (including phenoxy) is 1. The van der Waals surface area contributed by atoms with Crippen LogP contribution in [0.4, 0.5) is 24.8 Å². The number of alkyl halides is 3. The first-order valence-electron chi connectivity index (χ1n) is 7.47. The minimum atomic E-state index is -4.56. The minimum absolute atomic E-state index is 0.155. The number of benzene rings is 1. The fourth-order valence-electron chi connectivity index (χ4n) is 2.07. The van der Waals surface area contributed by atoms with Gasteiger partial charge >= 0.3 is 6.18 Å². The van der Waals surface area contributed by atoms with Gasteiger partial charge in [0.05, 0.1) is 6.61 Å². The Morgan fingerprint density at radius 3 is 2.58 bits per heavy atom. The summed E-state index contributed by atoms with van der Waals surface area (Å²) in [5, 5.41) is 0. The zero-order chi connectivity index (χ0) is 17.7. The molecule has 1 heterocycles. The van der Waals surface area contributed by atoms with Gasteiger partial charge in [-0.2, -0.15) is 18.2 Å². The van der Waals surface area contributed by atoms with Gasteiger partial charge in [0.2, 0.25) is 11.8 Å². The van der Waals surface area contributed by atoms with E-state index in [9.17, 15) is 13.2 Å². The maximum absolute atomic E-state index is 13.1. The molecule has 0 unspecified atom stereocenters. The van der Waals surface area contributed by atoms with Gasteiger partial charge in [0, 0.05) is 22.9 Å². The summed E-state index contributed by atoms with van der Waals surface area (Å²) in [6.07, 6.45) is -3.21. The van der Waals surface area contributed by atoms with Gasteiger partial charge in [0.15, 0.2) is 0 Å². The highest BCUT2D eigenvalue weighted by molar-refractivity contribution is 9.10. The molecule has 8 heteroatoms. The molecule has 0 bridgehead atoms. The zero-order valence-corrected chi connectivity index (χ0v) is 14.9. The highest BCUT2D eigenvalue weighted by Crippen LogP contribution is 2.36. The second kappa shape index (κ2) is 7.83. The van der Waals surface area contributed by atoms with Crippen LogP contribution in [0.3, 0.4) is 0 Å². The second-order valence-corrected chi connectivity index (χ2v) is 5.87. The molecule has 0 fully saturated rings. The van der Waals surface area contributed by atoms with Crippen LogP contribution in [-0.4, -0.2) is 23.1 Å². The van der Waals surface area contributed by atoms with E-state index in [1.165, 1.54) is 0 Å². The molecule has 2 aromatic rings. The van der Waals surface area contributed by atoms with E-state index in [2.05, 4.69) is 25.9 Å². The Labute approximate surface area is 146 Å². The van der Waals surface area contributed by atoms with Crippen LogP contribution >= 0.6 is 15.9 Å². The van der Waals surface area contributed by atoms with E-state index in [0.717, 1.165) is 16.4 Å². The van der Waals surface area contributed by atoms with Crippen LogP contribution in [0.25, 0.3) is 0 Å². The van der Waals surface area contributed by atoms with Crippen LogP contribution in [0.2, 0.25) is 0 Å². The van der Waals surface area contributed by atoms with Gasteiger partial charge in [-0.05, 0) is 31.5 Å². The molecule has 0 aliphatic heterocycles. The topological polar surface area (TPSA) is 38.2 Å². The fraction of sp³-hybridized carbons (Fsp3) is 0.375. The number of hydrogen-bond donors (Lipinski definition) is 0. The first-order valence-corrected chi connectivity index (χ1v) is 8.26. The molecular weight excluding hydrogens is 387 g/mol. The summed E-state index contributed by atoms with van der Waals surface area (Å²) in [6, 6.07) is 7.38. The van der Waals surface area contributed by atoms with E-state index in [0.29, 0.717) is 13.0 Å². The predicted octanol–water partition coefficient (Wildman–Crippen LogP) is 5.20. The summed E-state index contributed by atoms with van der Waals surface area (Å²) in [6.45, 7) is 4.33. The molecule has 0 amide bonds. The van der Waals surface area contributed by atoms with Gasteiger partial charge < -0.3 is 9.64 Å². The highest BCUT2D eigenvalue weighted by Gasteiger charge is 2.36. The summed E-state index contributed by atoms with van der Waals surface area (Å²) >= 11 is 3.38. The zero-order valence-electron chi connectivity index (χ0n) is 13.3. The van der Waals surface area contributed by atoms with Gasteiger partial charge in [0.1, 0.15) is 5.56 Å². The maximum Gasteiger partial charge on any atom is 0.423 e. The lowest BCUT2D eigenvalue weighted by atomic mass is 10.3. The van der Waals surface area contributed by atoms with E-state index in [1.54, 1.807) is 4.90 Å². The Hall–Kier alpha value is -1.83. The Morgan fingerprint density at radius 1 is 1.25 bits per heavy atom. The molecule has 0 saturated heterocycles. The van der Waals surface area contributed by atoms with Crippen molar-refractivity contribution < 1.29 is 17.9 Å². The van der Waals surface area contributed by atoms with Crippen molar-refractivity contribution in [1.82, 2.24) is 9.97 Å². The molecule has 0 saturated carbocycles. The molecule has 0 radical (unpaired) electrons. The van der Waals surface area contributed by atoms with Crippen molar-refractivity contribution in [3.63, 3.8) is 0 Å². The van der Waals surface area contributed by atoms with Crippen LogP contribution in [0, 0.1) is 0 Å². The average Bonchev–Trinajstić information content (AvgIpc) is 2.53. The quantitative estimate of drug-likeness (QED) is 0.663. The summed E-state index contributed by atoms with van der Waals surface area (Å²) in [7, 11) is 0. The largest absolute Gasteiger partial charge is 0.477 e. The fourth-order valence-corrected chi connectivity index (χ4v) is 2.46. The Bertz CT molecular complexity index is 695. The summed E-state index contributed by atoms with van der Waals surface area (Å²) < 4.78 is 45.3. The lowest BCUT2D eigenvalue weighted by Crippen LogP contribution is -2.21. The number of anilines is 2. The lowest BCUT2D eigenvalue weighted by molar-refractivity contribution is -0.139. The van der Waals surface area contributed by atoms with Gasteiger partial charge in [-0.1, -0.05) is 28.9 Å². The summed E-state index contributed by atoms with van der Waals surface area (Å²) in [5.41, 5.74) is -0.196. The summed E-state index contributed by atoms with van der Waals surface area (Å²) in [4.78, 5) is 9.61. The van der Waals surface area contributed by atoms with Crippen molar-refractivity contribution in [3.8, 4) is 5.88 Å². The van der Waals surface area contributed by atoms with E-state index in [1.807, 2.05) is 38.1 Å². The average molecular weight is 404 g/mol.